The van der Waals surface area contributed by atoms with Crippen LogP contribution >= 0.6 is 0 Å². The highest BCUT2D eigenvalue weighted by Crippen LogP contribution is 2.16. The summed E-state index contributed by atoms with van der Waals surface area (Å²) in [4.78, 5) is 11.6. The molecule has 0 atom stereocenters. The summed E-state index contributed by atoms with van der Waals surface area (Å²) in [7, 11) is 0. The average Bonchev–Trinajstić information content (AvgIpc) is 2.83. The van der Waals surface area contributed by atoms with Gasteiger partial charge in [-0.25, -0.2) is 0 Å². The first-order valence-corrected chi connectivity index (χ1v) is 6.24. The highest BCUT2D eigenvalue weighted by molar-refractivity contribution is 5.78. The van der Waals surface area contributed by atoms with Crippen molar-refractivity contribution < 1.29 is 9.32 Å². The van der Waals surface area contributed by atoms with Crippen LogP contribution in [0.2, 0.25) is 0 Å². The third-order valence-corrected chi connectivity index (χ3v) is 3.05. The number of amides is 1. The van der Waals surface area contributed by atoms with E-state index in [0.29, 0.717) is 19.1 Å². The second-order valence-electron chi connectivity index (χ2n) is 4.50. The van der Waals surface area contributed by atoms with Gasteiger partial charge in [0, 0.05) is 18.7 Å². The van der Waals surface area contributed by atoms with Crippen LogP contribution in [0.1, 0.15) is 37.8 Å². The average molecular weight is 237 g/mol. The molecule has 1 aliphatic rings. The molecule has 0 radical (unpaired) electrons. The van der Waals surface area contributed by atoms with E-state index in [1.54, 1.807) is 6.07 Å². The maximum absolute atomic E-state index is 11.6. The van der Waals surface area contributed by atoms with E-state index in [1.165, 1.54) is 25.5 Å². The molecule has 0 bridgehead atoms. The van der Waals surface area contributed by atoms with Gasteiger partial charge in [-0.1, -0.05) is 24.4 Å². The Kier molecular flexibility index (Phi) is 4.55. The molecule has 2 rings (SSSR count). The molecule has 1 fully saturated rings. The number of nitrogens with zero attached hydrogens (tertiary/aromatic N) is 1. The molecule has 0 aromatic carbocycles. The van der Waals surface area contributed by atoms with E-state index in [0.717, 1.165) is 18.5 Å². The molecular weight excluding hydrogens is 218 g/mol. The molecule has 1 saturated carbocycles. The third-order valence-electron chi connectivity index (χ3n) is 3.05. The molecule has 1 amide bonds. The fourth-order valence-electron chi connectivity index (χ4n) is 2.16. The van der Waals surface area contributed by atoms with Gasteiger partial charge in [-0.05, 0) is 12.8 Å². The summed E-state index contributed by atoms with van der Waals surface area (Å²) in [6, 6.07) is 2.16. The Morgan fingerprint density at radius 2 is 2.24 bits per heavy atom. The SMILES string of the molecule is O=C(CNCc1ccon1)NC1CCCCC1. The van der Waals surface area contributed by atoms with Crippen LogP contribution in [0.15, 0.2) is 16.9 Å². The van der Waals surface area contributed by atoms with Gasteiger partial charge in [-0.2, -0.15) is 0 Å². The van der Waals surface area contributed by atoms with Gasteiger partial charge >= 0.3 is 0 Å². The molecule has 0 spiro atoms. The summed E-state index contributed by atoms with van der Waals surface area (Å²) in [6.45, 7) is 0.901. The zero-order valence-corrected chi connectivity index (χ0v) is 9.95. The van der Waals surface area contributed by atoms with Crippen LogP contribution in [0.25, 0.3) is 0 Å². The van der Waals surface area contributed by atoms with E-state index in [4.69, 9.17) is 4.52 Å². The maximum Gasteiger partial charge on any atom is 0.234 e. The highest BCUT2D eigenvalue weighted by atomic mass is 16.5. The van der Waals surface area contributed by atoms with Crippen molar-refractivity contribution in [2.45, 2.75) is 44.7 Å². The number of hydrogen-bond donors (Lipinski definition) is 2. The van der Waals surface area contributed by atoms with Crippen LogP contribution in [0.5, 0.6) is 0 Å². The minimum Gasteiger partial charge on any atom is -0.364 e. The Labute approximate surface area is 101 Å². The number of aromatic nitrogens is 1. The van der Waals surface area contributed by atoms with Gasteiger partial charge in [0.15, 0.2) is 0 Å². The largest absolute Gasteiger partial charge is 0.364 e. The number of hydrogen-bond acceptors (Lipinski definition) is 4. The molecule has 1 aromatic heterocycles. The molecule has 1 heterocycles. The molecule has 1 aliphatic carbocycles. The van der Waals surface area contributed by atoms with Crippen molar-refractivity contribution in [2.75, 3.05) is 6.54 Å². The monoisotopic (exact) mass is 237 g/mol. The number of nitrogens with one attached hydrogen (secondary N) is 2. The summed E-state index contributed by atoms with van der Waals surface area (Å²) in [5.41, 5.74) is 0.815. The van der Waals surface area contributed by atoms with E-state index in [2.05, 4.69) is 15.8 Å². The smallest absolute Gasteiger partial charge is 0.234 e. The lowest BCUT2D eigenvalue weighted by molar-refractivity contribution is -0.121. The lowest BCUT2D eigenvalue weighted by atomic mass is 9.95. The van der Waals surface area contributed by atoms with Crippen molar-refractivity contribution in [3.8, 4) is 0 Å². The summed E-state index contributed by atoms with van der Waals surface area (Å²) in [5, 5.41) is 9.86. The van der Waals surface area contributed by atoms with E-state index < -0.39 is 0 Å². The minimum atomic E-state index is 0.0698. The first-order valence-electron chi connectivity index (χ1n) is 6.24. The van der Waals surface area contributed by atoms with Crippen LogP contribution in [0.3, 0.4) is 0 Å². The van der Waals surface area contributed by atoms with Gasteiger partial charge < -0.3 is 15.2 Å². The minimum absolute atomic E-state index is 0.0698. The quantitative estimate of drug-likeness (QED) is 0.808. The molecule has 1 aromatic rings. The molecule has 0 aliphatic heterocycles. The van der Waals surface area contributed by atoms with E-state index >= 15 is 0 Å². The normalized spacial score (nSPS) is 16.9. The molecule has 17 heavy (non-hydrogen) atoms. The van der Waals surface area contributed by atoms with E-state index in [1.807, 2.05) is 0 Å². The van der Waals surface area contributed by atoms with Crippen molar-refractivity contribution in [1.29, 1.82) is 0 Å². The summed E-state index contributed by atoms with van der Waals surface area (Å²) < 4.78 is 4.70. The second-order valence-corrected chi connectivity index (χ2v) is 4.50. The Hall–Kier alpha value is -1.36. The van der Waals surface area contributed by atoms with E-state index in [9.17, 15) is 4.79 Å². The topological polar surface area (TPSA) is 67.2 Å². The number of carbonyl (C=O) groups excluding carboxylic acids is 1. The third kappa shape index (κ3) is 4.19. The molecule has 0 saturated heterocycles. The lowest BCUT2D eigenvalue weighted by Gasteiger charge is -2.22. The molecule has 0 unspecified atom stereocenters. The van der Waals surface area contributed by atoms with Gasteiger partial charge in [0.2, 0.25) is 5.91 Å². The Morgan fingerprint density at radius 1 is 1.41 bits per heavy atom. The molecule has 5 heteroatoms. The van der Waals surface area contributed by atoms with Gasteiger partial charge in [0.25, 0.3) is 0 Å². The Morgan fingerprint density at radius 3 is 2.94 bits per heavy atom. The van der Waals surface area contributed by atoms with Crippen LogP contribution < -0.4 is 10.6 Å². The first kappa shape index (κ1) is 12.1. The summed E-state index contributed by atoms with van der Waals surface area (Å²) in [6.07, 6.45) is 7.54. The standard InChI is InChI=1S/C12H19N3O2/c16-12(14-10-4-2-1-3-5-10)9-13-8-11-6-7-17-15-11/h6-7,10,13H,1-5,8-9H2,(H,14,16). The first-order chi connectivity index (χ1) is 8.34. The van der Waals surface area contributed by atoms with Crippen molar-refractivity contribution in [1.82, 2.24) is 15.8 Å². The van der Waals surface area contributed by atoms with Gasteiger partial charge in [0.1, 0.15) is 6.26 Å². The fraction of sp³-hybridized carbons (Fsp3) is 0.667. The van der Waals surface area contributed by atoms with Gasteiger partial charge in [-0.3, -0.25) is 4.79 Å². The van der Waals surface area contributed by atoms with Crippen LogP contribution in [-0.2, 0) is 11.3 Å². The summed E-state index contributed by atoms with van der Waals surface area (Å²) in [5.74, 6) is 0.0698. The number of rotatable bonds is 5. The Bertz CT molecular complexity index is 332. The fourth-order valence-corrected chi connectivity index (χ4v) is 2.16. The van der Waals surface area contributed by atoms with Crippen LogP contribution in [-0.4, -0.2) is 23.7 Å². The lowest BCUT2D eigenvalue weighted by Crippen LogP contribution is -2.41. The second kappa shape index (κ2) is 6.39. The molecule has 94 valence electrons. The maximum atomic E-state index is 11.6. The van der Waals surface area contributed by atoms with Crippen LogP contribution in [0, 0.1) is 0 Å². The zero-order valence-electron chi connectivity index (χ0n) is 9.95. The van der Waals surface area contributed by atoms with Crippen molar-refractivity contribution in [3.63, 3.8) is 0 Å². The predicted molar refractivity (Wildman–Crippen MR) is 63.2 cm³/mol. The van der Waals surface area contributed by atoms with Gasteiger partial charge in [-0.15, -0.1) is 0 Å². The van der Waals surface area contributed by atoms with Crippen LogP contribution in [0.4, 0.5) is 0 Å². The zero-order chi connectivity index (χ0) is 11.9. The number of carbonyl (C=O) groups is 1. The van der Waals surface area contributed by atoms with Gasteiger partial charge in [0.05, 0.1) is 12.2 Å². The van der Waals surface area contributed by atoms with Crippen molar-refractivity contribution in [3.05, 3.63) is 18.0 Å². The van der Waals surface area contributed by atoms with E-state index in [-0.39, 0.29) is 5.91 Å². The highest BCUT2D eigenvalue weighted by Gasteiger charge is 2.15. The molecule has 2 N–H and O–H groups in total. The summed E-state index contributed by atoms with van der Waals surface area (Å²) >= 11 is 0. The molecular formula is C12H19N3O2. The predicted octanol–water partition coefficient (Wildman–Crippen LogP) is 1.21. The molecule has 5 nitrogen and oxygen atoms in total. The Balaban J connectivity index is 1.60. The van der Waals surface area contributed by atoms with Crippen molar-refractivity contribution >= 4 is 5.91 Å². The van der Waals surface area contributed by atoms with Crippen molar-refractivity contribution in [2.24, 2.45) is 0 Å².